The summed E-state index contributed by atoms with van der Waals surface area (Å²) in [7, 11) is 6.53. The number of carbonyl (C=O) groups excluding carboxylic acids is 4. The number of hydrogen-bond acceptors (Lipinski definition) is 6. The van der Waals surface area contributed by atoms with Crippen LogP contribution in [0.3, 0.4) is 0 Å². The molecule has 0 aliphatic rings. The first kappa shape index (κ1) is 38.8. The molecule has 0 bridgehead atoms. The van der Waals surface area contributed by atoms with Crippen LogP contribution in [0.25, 0.3) is 0 Å². The molecule has 0 unspecified atom stereocenters. The highest BCUT2D eigenvalue weighted by atomic mass is 16.5. The second kappa shape index (κ2) is 18.9. The maximum atomic E-state index is 13.7. The molecule has 0 aromatic heterocycles. The maximum Gasteiger partial charge on any atom is 0.249 e. The minimum absolute atomic E-state index is 0.0443. The molecule has 54 heavy (non-hydrogen) atoms. The van der Waals surface area contributed by atoms with E-state index >= 15 is 0 Å². The summed E-state index contributed by atoms with van der Waals surface area (Å²) < 4.78 is 10.5. The first-order chi connectivity index (χ1) is 26.1. The molecule has 2 N–H and O–H groups in total. The van der Waals surface area contributed by atoms with Crippen molar-refractivity contribution in [3.8, 4) is 11.5 Å². The first-order valence-corrected chi connectivity index (χ1v) is 17.7. The van der Waals surface area contributed by atoms with Crippen molar-refractivity contribution >= 4 is 35.0 Å². The number of nitrogens with zero attached hydrogens (tertiary/aromatic N) is 2. The van der Waals surface area contributed by atoms with E-state index < -0.39 is 12.1 Å². The molecule has 5 rings (SSSR count). The third-order valence-electron chi connectivity index (χ3n) is 9.16. The number of likely N-dealkylation sites (N-methyl/N-ethyl adjacent to an activating group) is 2. The summed E-state index contributed by atoms with van der Waals surface area (Å²) in [5.41, 5.74) is 4.64. The van der Waals surface area contributed by atoms with Crippen molar-refractivity contribution in [2.24, 2.45) is 0 Å². The highest BCUT2D eigenvalue weighted by Gasteiger charge is 2.27. The fourth-order valence-corrected chi connectivity index (χ4v) is 6.07. The van der Waals surface area contributed by atoms with E-state index in [-0.39, 0.29) is 36.5 Å². The lowest BCUT2D eigenvalue weighted by atomic mass is 10.0. The Labute approximate surface area is 316 Å². The Bertz CT molecular complexity index is 1840. The van der Waals surface area contributed by atoms with Gasteiger partial charge in [0.1, 0.15) is 23.6 Å². The summed E-state index contributed by atoms with van der Waals surface area (Å²) in [5.74, 6) is 0.242. The number of nitrogens with one attached hydrogen (secondary N) is 2. The Balaban J connectivity index is 1.22. The zero-order chi connectivity index (χ0) is 38.5. The number of methoxy groups -OCH3 is 2. The minimum atomic E-state index is -0.801. The van der Waals surface area contributed by atoms with Crippen LogP contribution in [0.2, 0.25) is 0 Å². The molecule has 0 heterocycles. The van der Waals surface area contributed by atoms with Crippen LogP contribution in [0.15, 0.2) is 133 Å². The Morgan fingerprint density at radius 3 is 1.13 bits per heavy atom. The van der Waals surface area contributed by atoms with Crippen LogP contribution in [0.5, 0.6) is 11.5 Å². The van der Waals surface area contributed by atoms with E-state index in [4.69, 9.17) is 9.47 Å². The van der Waals surface area contributed by atoms with Crippen LogP contribution in [0, 0.1) is 0 Å². The number of carbonyl (C=O) groups is 4. The van der Waals surface area contributed by atoms with Crippen molar-refractivity contribution in [1.82, 2.24) is 10.6 Å². The van der Waals surface area contributed by atoms with Crippen LogP contribution in [-0.4, -0.2) is 64.0 Å². The average Bonchev–Trinajstić information content (AvgIpc) is 3.20. The molecule has 10 nitrogen and oxygen atoms in total. The van der Waals surface area contributed by atoms with Gasteiger partial charge in [-0.05, 0) is 70.8 Å². The first-order valence-electron chi connectivity index (χ1n) is 17.7. The van der Waals surface area contributed by atoms with Crippen molar-refractivity contribution in [3.05, 3.63) is 156 Å². The summed E-state index contributed by atoms with van der Waals surface area (Å²) in [5, 5.41) is 5.90. The molecule has 0 aliphatic heterocycles. The SMILES string of the molecule is COc1ccc(N(C)C(=O)[C@H](Cc2ccccc2)NC(=O)Cc2ccc(CC(=O)N[C@@H](Cc3ccccc3)C(=O)N(C)c3ccc(OC)cc3)cc2)cc1. The Hall–Kier alpha value is -6.42. The van der Waals surface area contributed by atoms with Gasteiger partial charge in [-0.2, -0.15) is 0 Å². The molecule has 0 saturated heterocycles. The molecular formula is C44H46N4O6. The largest absolute Gasteiger partial charge is 0.497 e. The summed E-state index contributed by atoms with van der Waals surface area (Å²) >= 11 is 0. The van der Waals surface area contributed by atoms with Crippen LogP contribution in [0.1, 0.15) is 22.3 Å². The fourth-order valence-electron chi connectivity index (χ4n) is 6.07. The van der Waals surface area contributed by atoms with Crippen LogP contribution >= 0.6 is 0 Å². The van der Waals surface area contributed by atoms with E-state index in [1.807, 2.05) is 60.7 Å². The topological polar surface area (TPSA) is 117 Å². The lowest BCUT2D eigenvalue weighted by Crippen LogP contribution is -2.49. The smallest absolute Gasteiger partial charge is 0.249 e. The normalized spacial score (nSPS) is 11.8. The van der Waals surface area contributed by atoms with Gasteiger partial charge in [0, 0.05) is 38.3 Å². The van der Waals surface area contributed by atoms with E-state index in [2.05, 4.69) is 10.6 Å². The van der Waals surface area contributed by atoms with Crippen LogP contribution in [-0.2, 0) is 44.9 Å². The van der Waals surface area contributed by atoms with E-state index in [1.54, 1.807) is 101 Å². The van der Waals surface area contributed by atoms with Crippen molar-refractivity contribution in [3.63, 3.8) is 0 Å². The second-order valence-electron chi connectivity index (χ2n) is 13.0. The Morgan fingerprint density at radius 1 is 0.481 bits per heavy atom. The molecule has 0 fully saturated rings. The summed E-state index contributed by atoms with van der Waals surface area (Å²) in [6.07, 6.45) is 0.735. The van der Waals surface area contributed by atoms with Crippen LogP contribution in [0.4, 0.5) is 11.4 Å². The number of rotatable bonds is 16. The third kappa shape index (κ3) is 10.8. The maximum absolute atomic E-state index is 13.7. The van der Waals surface area contributed by atoms with Crippen molar-refractivity contribution in [2.45, 2.75) is 37.8 Å². The number of amides is 4. The third-order valence-corrected chi connectivity index (χ3v) is 9.16. The fraction of sp³-hybridized carbons (Fsp3) is 0.227. The zero-order valence-electron chi connectivity index (χ0n) is 31.0. The van der Waals surface area contributed by atoms with Gasteiger partial charge in [0.2, 0.25) is 23.6 Å². The number of hydrogen-bond donors (Lipinski definition) is 2. The molecule has 5 aromatic rings. The molecule has 5 aromatic carbocycles. The van der Waals surface area contributed by atoms with Gasteiger partial charge in [0.25, 0.3) is 0 Å². The van der Waals surface area contributed by atoms with Crippen LogP contribution < -0.4 is 29.9 Å². The second-order valence-corrected chi connectivity index (χ2v) is 13.0. The molecule has 0 aliphatic carbocycles. The minimum Gasteiger partial charge on any atom is -0.497 e. The Kier molecular flexibility index (Phi) is 13.6. The number of ether oxygens (including phenoxy) is 2. The molecule has 4 amide bonds. The molecule has 2 atom stereocenters. The highest BCUT2D eigenvalue weighted by molar-refractivity contribution is 6.00. The van der Waals surface area contributed by atoms with Crippen molar-refractivity contribution in [2.75, 3.05) is 38.1 Å². The van der Waals surface area contributed by atoms with Gasteiger partial charge in [-0.15, -0.1) is 0 Å². The quantitative estimate of drug-likeness (QED) is 0.137. The molecule has 0 spiro atoms. The van der Waals surface area contributed by atoms with Gasteiger partial charge in [-0.3, -0.25) is 19.2 Å². The van der Waals surface area contributed by atoms with Crippen molar-refractivity contribution in [1.29, 1.82) is 0 Å². The van der Waals surface area contributed by atoms with Gasteiger partial charge in [-0.1, -0.05) is 84.9 Å². The molecule has 0 saturated carbocycles. The zero-order valence-corrected chi connectivity index (χ0v) is 31.0. The number of benzene rings is 5. The van der Waals surface area contributed by atoms with Gasteiger partial charge in [0.05, 0.1) is 27.1 Å². The lowest BCUT2D eigenvalue weighted by Gasteiger charge is -2.25. The molecule has 10 heteroatoms. The molecule has 0 radical (unpaired) electrons. The summed E-state index contributed by atoms with van der Waals surface area (Å²) in [6.45, 7) is 0. The lowest BCUT2D eigenvalue weighted by molar-refractivity contribution is -0.127. The van der Waals surface area contributed by atoms with Gasteiger partial charge < -0.3 is 29.9 Å². The predicted octanol–water partition coefficient (Wildman–Crippen LogP) is 5.57. The van der Waals surface area contributed by atoms with Crippen molar-refractivity contribution < 1.29 is 28.7 Å². The summed E-state index contributed by atoms with van der Waals surface area (Å²) in [4.78, 5) is 57.2. The van der Waals surface area contributed by atoms with Gasteiger partial charge in [-0.25, -0.2) is 0 Å². The number of anilines is 2. The molecule has 278 valence electrons. The van der Waals surface area contributed by atoms with E-state index in [0.717, 1.165) is 22.3 Å². The van der Waals surface area contributed by atoms with E-state index in [0.29, 0.717) is 35.7 Å². The van der Waals surface area contributed by atoms with E-state index in [9.17, 15) is 19.2 Å². The summed E-state index contributed by atoms with van der Waals surface area (Å²) in [6, 6.07) is 39.0. The van der Waals surface area contributed by atoms with Gasteiger partial charge >= 0.3 is 0 Å². The monoisotopic (exact) mass is 726 g/mol. The van der Waals surface area contributed by atoms with Gasteiger partial charge in [0.15, 0.2) is 0 Å². The molecular weight excluding hydrogens is 681 g/mol. The Morgan fingerprint density at radius 2 is 0.815 bits per heavy atom. The predicted molar refractivity (Wildman–Crippen MR) is 211 cm³/mol. The van der Waals surface area contributed by atoms with E-state index in [1.165, 1.54) is 9.80 Å². The average molecular weight is 727 g/mol. The standard InChI is InChI=1S/C44H46N4O6/c1-47(35-19-23-37(53-3)24-20-35)43(51)39(27-31-11-7-5-8-12-31)45-41(49)29-33-15-17-34(18-16-33)30-42(50)46-40(28-32-13-9-6-10-14-32)44(52)48(2)36-21-25-38(54-4)26-22-36/h5-26,39-40H,27-30H2,1-4H3,(H,45,49)(H,46,50)/t39-,40-/m0/s1. The highest BCUT2D eigenvalue weighted by Crippen LogP contribution is 2.21.